The summed E-state index contributed by atoms with van der Waals surface area (Å²) in [5, 5.41) is 7.75. The van der Waals surface area contributed by atoms with E-state index in [2.05, 4.69) is 24.7 Å². The van der Waals surface area contributed by atoms with Crippen molar-refractivity contribution in [1.29, 1.82) is 0 Å². The van der Waals surface area contributed by atoms with Crippen LogP contribution in [0.1, 0.15) is 27.4 Å². The van der Waals surface area contributed by atoms with E-state index in [9.17, 15) is 31.1 Å². The summed E-state index contributed by atoms with van der Waals surface area (Å²) in [6.45, 7) is 0. The molecule has 7 nitrogen and oxygen atoms in total. The van der Waals surface area contributed by atoms with Crippen molar-refractivity contribution in [2.75, 3.05) is 7.05 Å². The third-order valence-corrected chi connectivity index (χ3v) is 3.87. The van der Waals surface area contributed by atoms with Crippen LogP contribution in [0.3, 0.4) is 0 Å². The lowest BCUT2D eigenvalue weighted by Gasteiger charge is -2.15. The highest BCUT2D eigenvalue weighted by molar-refractivity contribution is 5.96. The molecule has 0 atom stereocenters. The number of hydrazone groups is 1. The third-order valence-electron chi connectivity index (χ3n) is 3.87. The lowest BCUT2D eigenvalue weighted by atomic mass is 10.1. The fraction of sp³-hybridized carbons (Fsp3) is 0.167. The number of pyridine rings is 1. The Labute approximate surface area is 170 Å². The lowest BCUT2D eigenvalue weighted by Crippen LogP contribution is -2.25. The van der Waals surface area contributed by atoms with Gasteiger partial charge < -0.3 is 4.52 Å². The minimum Gasteiger partial charge on any atom is -0.329 e. The summed E-state index contributed by atoms with van der Waals surface area (Å²) in [5.41, 5.74) is -1.17. The molecule has 13 heteroatoms. The van der Waals surface area contributed by atoms with Crippen LogP contribution in [0.15, 0.2) is 52.4 Å². The van der Waals surface area contributed by atoms with Crippen LogP contribution in [0.5, 0.6) is 0 Å². The summed E-state index contributed by atoms with van der Waals surface area (Å²) < 4.78 is 80.9. The van der Waals surface area contributed by atoms with Gasteiger partial charge in [-0.1, -0.05) is 29.4 Å². The van der Waals surface area contributed by atoms with Gasteiger partial charge in [-0.2, -0.15) is 36.4 Å². The number of hydrogen-bond donors (Lipinski definition) is 0. The van der Waals surface area contributed by atoms with Crippen LogP contribution in [-0.2, 0) is 12.4 Å². The van der Waals surface area contributed by atoms with Gasteiger partial charge in [0.25, 0.3) is 5.91 Å². The zero-order valence-corrected chi connectivity index (χ0v) is 15.4. The van der Waals surface area contributed by atoms with Gasteiger partial charge in [0.2, 0.25) is 5.82 Å². The molecule has 0 bridgehead atoms. The molecule has 1 amide bonds. The van der Waals surface area contributed by atoms with Crippen molar-refractivity contribution in [2.24, 2.45) is 5.10 Å². The number of carbonyl (C=O) groups excluding carboxylic acids is 1. The van der Waals surface area contributed by atoms with E-state index < -0.39 is 35.3 Å². The normalized spacial score (nSPS) is 12.4. The number of hydrogen-bond acceptors (Lipinski definition) is 6. The van der Waals surface area contributed by atoms with Crippen molar-refractivity contribution < 1.29 is 35.7 Å². The Bertz CT molecular complexity index is 1110. The first kappa shape index (κ1) is 21.9. The van der Waals surface area contributed by atoms with Crippen LogP contribution < -0.4 is 0 Å². The molecule has 0 radical (unpaired) electrons. The first-order valence-electron chi connectivity index (χ1n) is 8.31. The van der Waals surface area contributed by atoms with Crippen molar-refractivity contribution >= 4 is 12.1 Å². The van der Waals surface area contributed by atoms with Crippen LogP contribution in [0, 0.1) is 0 Å². The molecule has 3 aromatic rings. The quantitative estimate of drug-likeness (QED) is 0.342. The van der Waals surface area contributed by atoms with E-state index in [0.717, 1.165) is 12.4 Å². The smallest absolute Gasteiger partial charge is 0.329 e. The van der Waals surface area contributed by atoms with Crippen molar-refractivity contribution in [3.63, 3.8) is 0 Å². The molecular weight excluding hydrogens is 432 g/mol. The number of benzene rings is 1. The highest BCUT2D eigenvalue weighted by Gasteiger charge is 2.38. The second-order valence-corrected chi connectivity index (χ2v) is 6.04. The number of rotatable bonds is 4. The van der Waals surface area contributed by atoms with Gasteiger partial charge >= 0.3 is 18.2 Å². The predicted octanol–water partition coefficient (Wildman–Crippen LogP) is 4.28. The molecule has 0 aliphatic carbocycles. The third kappa shape index (κ3) is 5.05. The largest absolute Gasteiger partial charge is 0.471 e. The Morgan fingerprint density at radius 3 is 2.32 bits per heavy atom. The van der Waals surface area contributed by atoms with Gasteiger partial charge in [0.15, 0.2) is 0 Å². The molecule has 0 aliphatic heterocycles. The summed E-state index contributed by atoms with van der Waals surface area (Å²) in [6.07, 6.45) is -6.61. The predicted molar refractivity (Wildman–Crippen MR) is 93.7 cm³/mol. The Hall–Kier alpha value is -3.77. The molecule has 0 N–H and O–H groups in total. The van der Waals surface area contributed by atoms with E-state index >= 15 is 0 Å². The first-order chi connectivity index (χ1) is 14.5. The minimum absolute atomic E-state index is 0.228. The maximum atomic E-state index is 13.1. The monoisotopic (exact) mass is 443 g/mol. The molecule has 1 aromatic carbocycles. The number of carbonyl (C=O) groups is 1. The molecule has 0 unspecified atom stereocenters. The van der Waals surface area contributed by atoms with Gasteiger partial charge in [-0.05, 0) is 11.6 Å². The summed E-state index contributed by atoms with van der Waals surface area (Å²) >= 11 is 0. The Balaban J connectivity index is 1.74. The maximum absolute atomic E-state index is 13.1. The van der Waals surface area contributed by atoms with E-state index in [-0.39, 0.29) is 11.4 Å². The van der Waals surface area contributed by atoms with E-state index in [1.165, 1.54) is 37.5 Å². The van der Waals surface area contributed by atoms with Crippen LogP contribution in [0.25, 0.3) is 11.4 Å². The van der Waals surface area contributed by atoms with Crippen molar-refractivity contribution in [3.8, 4) is 11.4 Å². The standard InChI is InChI=1S/C18H11F6N5O2/c1-29(15(30)12-9-25-7-6-13(12)17(19,20)21)26-8-10-2-4-11(5-3-10)14-27-16(31-28-14)18(22,23)24/h2-9H,1H3/b26-8+. The number of halogens is 6. The summed E-state index contributed by atoms with van der Waals surface area (Å²) in [6, 6.07) is 6.33. The Morgan fingerprint density at radius 2 is 1.74 bits per heavy atom. The highest BCUT2D eigenvalue weighted by atomic mass is 19.4. The highest BCUT2D eigenvalue weighted by Crippen LogP contribution is 2.32. The van der Waals surface area contributed by atoms with Gasteiger partial charge in [0.1, 0.15) is 0 Å². The van der Waals surface area contributed by atoms with E-state index in [0.29, 0.717) is 16.6 Å². The number of amides is 1. The molecule has 0 fully saturated rings. The molecule has 31 heavy (non-hydrogen) atoms. The molecule has 2 heterocycles. The summed E-state index contributed by atoms with van der Waals surface area (Å²) in [4.78, 5) is 19.1. The zero-order valence-electron chi connectivity index (χ0n) is 15.4. The molecule has 3 rings (SSSR count). The zero-order chi connectivity index (χ0) is 22.8. The van der Waals surface area contributed by atoms with Crippen LogP contribution in [0.2, 0.25) is 0 Å². The number of alkyl halides is 6. The van der Waals surface area contributed by atoms with Gasteiger partial charge in [-0.25, -0.2) is 5.01 Å². The first-order valence-corrected chi connectivity index (χ1v) is 8.31. The number of nitrogens with zero attached hydrogens (tertiary/aromatic N) is 5. The fourth-order valence-corrected chi connectivity index (χ4v) is 2.37. The molecular formula is C18H11F6N5O2. The average molecular weight is 443 g/mol. The Morgan fingerprint density at radius 1 is 1.06 bits per heavy atom. The molecule has 2 aromatic heterocycles. The molecule has 0 saturated carbocycles. The van der Waals surface area contributed by atoms with E-state index in [1.807, 2.05) is 0 Å². The van der Waals surface area contributed by atoms with Gasteiger partial charge in [-0.3, -0.25) is 9.78 Å². The molecule has 162 valence electrons. The summed E-state index contributed by atoms with van der Waals surface area (Å²) in [7, 11) is 1.17. The lowest BCUT2D eigenvalue weighted by molar-refractivity contribution is -0.159. The van der Waals surface area contributed by atoms with Gasteiger partial charge in [-0.15, -0.1) is 0 Å². The van der Waals surface area contributed by atoms with Crippen molar-refractivity contribution in [1.82, 2.24) is 20.1 Å². The molecule has 0 saturated heterocycles. The van der Waals surface area contributed by atoms with Crippen LogP contribution >= 0.6 is 0 Å². The van der Waals surface area contributed by atoms with Gasteiger partial charge in [0.05, 0.1) is 17.3 Å². The molecule has 0 aliphatic rings. The van der Waals surface area contributed by atoms with Crippen LogP contribution in [-0.4, -0.2) is 39.3 Å². The molecule has 0 spiro atoms. The Kier molecular flexibility index (Phi) is 5.77. The van der Waals surface area contributed by atoms with Crippen molar-refractivity contribution in [3.05, 3.63) is 65.3 Å². The maximum Gasteiger partial charge on any atom is 0.471 e. The van der Waals surface area contributed by atoms with Gasteiger partial charge in [0, 0.05) is 25.0 Å². The minimum atomic E-state index is -4.77. The van der Waals surface area contributed by atoms with Crippen LogP contribution in [0.4, 0.5) is 26.3 Å². The second kappa shape index (κ2) is 8.16. The average Bonchev–Trinajstić information content (AvgIpc) is 3.22. The fourth-order valence-electron chi connectivity index (χ4n) is 2.37. The SMILES string of the molecule is CN(/N=C/c1ccc(-c2noc(C(F)(F)F)n2)cc1)C(=O)c1cnccc1C(F)(F)F. The number of aromatic nitrogens is 3. The topological polar surface area (TPSA) is 84.5 Å². The summed E-state index contributed by atoms with van der Waals surface area (Å²) in [5.74, 6) is -2.79. The van der Waals surface area contributed by atoms with Crippen molar-refractivity contribution in [2.45, 2.75) is 12.4 Å². The second-order valence-electron chi connectivity index (χ2n) is 6.04. The van der Waals surface area contributed by atoms with E-state index in [4.69, 9.17) is 0 Å². The van der Waals surface area contributed by atoms with E-state index in [1.54, 1.807) is 0 Å².